The molecule has 4 nitrogen and oxygen atoms in total. The van der Waals surface area contributed by atoms with Crippen LogP contribution in [0.15, 0.2) is 18.3 Å². The Bertz CT molecular complexity index is 680. The predicted molar refractivity (Wildman–Crippen MR) is 98.7 cm³/mol. The number of nitrogens with one attached hydrogen (secondary N) is 1. The van der Waals surface area contributed by atoms with Crippen LogP contribution in [0.5, 0.6) is 5.75 Å². The molecule has 0 amide bonds. The molecule has 1 N–H and O–H groups in total. The minimum atomic E-state index is 0.624. The molecular formula is C20H30N2O2. The molecule has 1 aliphatic rings. The van der Waals surface area contributed by atoms with Gasteiger partial charge in [0, 0.05) is 49.0 Å². The molecule has 0 saturated carbocycles. The SMILES string of the molecule is CC[C@@H]1CC(COC)CCN1Cc1c(OC)cc(C)c2[nH]ccc12. The van der Waals surface area contributed by atoms with Crippen LogP contribution in [0.3, 0.4) is 0 Å². The Morgan fingerprint density at radius 2 is 2.17 bits per heavy atom. The summed E-state index contributed by atoms with van der Waals surface area (Å²) in [4.78, 5) is 6.01. The number of piperidine rings is 1. The Labute approximate surface area is 145 Å². The molecule has 1 fully saturated rings. The summed E-state index contributed by atoms with van der Waals surface area (Å²) in [5.41, 5.74) is 3.78. The van der Waals surface area contributed by atoms with E-state index in [0.717, 1.165) is 25.4 Å². The maximum atomic E-state index is 5.71. The molecule has 1 saturated heterocycles. The van der Waals surface area contributed by atoms with Gasteiger partial charge in [0.15, 0.2) is 0 Å². The predicted octanol–water partition coefficient (Wildman–Crippen LogP) is 4.12. The fourth-order valence-corrected chi connectivity index (χ4v) is 4.19. The van der Waals surface area contributed by atoms with Gasteiger partial charge in [-0.1, -0.05) is 6.92 Å². The highest BCUT2D eigenvalue weighted by molar-refractivity contribution is 5.88. The number of H-pyrrole nitrogens is 1. The van der Waals surface area contributed by atoms with E-state index < -0.39 is 0 Å². The molecule has 0 aliphatic carbocycles. The second kappa shape index (κ2) is 7.58. The maximum absolute atomic E-state index is 5.71. The molecule has 2 aromatic rings. The van der Waals surface area contributed by atoms with E-state index in [1.54, 1.807) is 7.11 Å². The van der Waals surface area contributed by atoms with Gasteiger partial charge in [0.05, 0.1) is 7.11 Å². The van der Waals surface area contributed by atoms with Gasteiger partial charge in [0.2, 0.25) is 0 Å². The van der Waals surface area contributed by atoms with Crippen LogP contribution >= 0.6 is 0 Å². The molecule has 0 bridgehead atoms. The number of aromatic amines is 1. The Morgan fingerprint density at radius 1 is 1.33 bits per heavy atom. The van der Waals surface area contributed by atoms with Crippen LogP contribution in [0.4, 0.5) is 0 Å². The molecule has 0 spiro atoms. The molecule has 0 radical (unpaired) electrons. The number of fused-ring (bicyclic) bond motifs is 1. The number of benzene rings is 1. The Hall–Kier alpha value is -1.52. The van der Waals surface area contributed by atoms with Crippen LogP contribution in [-0.2, 0) is 11.3 Å². The summed E-state index contributed by atoms with van der Waals surface area (Å²) < 4.78 is 11.1. The molecule has 4 heteroatoms. The van der Waals surface area contributed by atoms with Gasteiger partial charge in [-0.05, 0) is 56.3 Å². The van der Waals surface area contributed by atoms with E-state index in [-0.39, 0.29) is 0 Å². The molecule has 1 aromatic heterocycles. The summed E-state index contributed by atoms with van der Waals surface area (Å²) in [5.74, 6) is 1.71. The topological polar surface area (TPSA) is 37.5 Å². The number of nitrogens with zero attached hydrogens (tertiary/aromatic N) is 1. The molecule has 1 unspecified atom stereocenters. The van der Waals surface area contributed by atoms with Gasteiger partial charge >= 0.3 is 0 Å². The van der Waals surface area contributed by atoms with Crippen molar-refractivity contribution < 1.29 is 9.47 Å². The van der Waals surface area contributed by atoms with Crippen LogP contribution in [0.25, 0.3) is 10.9 Å². The van der Waals surface area contributed by atoms with Gasteiger partial charge in [-0.3, -0.25) is 4.90 Å². The van der Waals surface area contributed by atoms with Crippen molar-refractivity contribution in [2.75, 3.05) is 27.4 Å². The quantitative estimate of drug-likeness (QED) is 0.865. The van der Waals surface area contributed by atoms with E-state index in [9.17, 15) is 0 Å². The lowest BCUT2D eigenvalue weighted by Crippen LogP contribution is -2.42. The van der Waals surface area contributed by atoms with Crippen LogP contribution in [0.1, 0.15) is 37.3 Å². The number of hydrogen-bond donors (Lipinski definition) is 1. The molecule has 1 aliphatic heterocycles. The van der Waals surface area contributed by atoms with Crippen molar-refractivity contribution in [3.63, 3.8) is 0 Å². The van der Waals surface area contributed by atoms with Crippen LogP contribution in [0, 0.1) is 12.8 Å². The fraction of sp³-hybridized carbons (Fsp3) is 0.600. The molecule has 132 valence electrons. The van der Waals surface area contributed by atoms with Gasteiger partial charge in [0.1, 0.15) is 5.75 Å². The Kier molecular flexibility index (Phi) is 5.47. The largest absolute Gasteiger partial charge is 0.496 e. The molecule has 2 heterocycles. The first-order chi connectivity index (χ1) is 11.7. The maximum Gasteiger partial charge on any atom is 0.124 e. The first kappa shape index (κ1) is 17.3. The fourth-order valence-electron chi connectivity index (χ4n) is 4.19. The van der Waals surface area contributed by atoms with E-state index in [4.69, 9.17) is 9.47 Å². The van der Waals surface area contributed by atoms with Crippen LogP contribution in [0.2, 0.25) is 0 Å². The number of aryl methyl sites for hydroxylation is 1. The third-order valence-electron chi connectivity index (χ3n) is 5.51. The third kappa shape index (κ3) is 3.31. The highest BCUT2D eigenvalue weighted by Crippen LogP contribution is 2.34. The second-order valence-electron chi connectivity index (χ2n) is 7.02. The average molecular weight is 330 g/mol. The minimum Gasteiger partial charge on any atom is -0.496 e. The zero-order chi connectivity index (χ0) is 17.1. The summed E-state index contributed by atoms with van der Waals surface area (Å²) in [5, 5.41) is 1.29. The summed E-state index contributed by atoms with van der Waals surface area (Å²) in [7, 11) is 3.59. The normalized spacial score (nSPS) is 22.2. The van der Waals surface area contributed by atoms with Crippen molar-refractivity contribution in [2.24, 2.45) is 5.92 Å². The summed E-state index contributed by atoms with van der Waals surface area (Å²) >= 11 is 0. The Morgan fingerprint density at radius 3 is 2.88 bits per heavy atom. The number of methoxy groups -OCH3 is 2. The monoisotopic (exact) mass is 330 g/mol. The average Bonchev–Trinajstić information content (AvgIpc) is 3.08. The van der Waals surface area contributed by atoms with Crippen molar-refractivity contribution in [3.8, 4) is 5.75 Å². The lowest BCUT2D eigenvalue weighted by atomic mass is 9.89. The van der Waals surface area contributed by atoms with Crippen molar-refractivity contribution >= 4 is 10.9 Å². The zero-order valence-corrected chi connectivity index (χ0v) is 15.4. The summed E-state index contributed by atoms with van der Waals surface area (Å²) in [6.07, 6.45) is 5.66. The number of likely N-dealkylation sites (tertiary alicyclic amines) is 1. The second-order valence-corrected chi connectivity index (χ2v) is 7.02. The minimum absolute atomic E-state index is 0.624. The van der Waals surface area contributed by atoms with Crippen LogP contribution < -0.4 is 4.74 Å². The van der Waals surface area contributed by atoms with Crippen LogP contribution in [-0.4, -0.2) is 43.3 Å². The van der Waals surface area contributed by atoms with Gasteiger partial charge in [-0.15, -0.1) is 0 Å². The van der Waals surface area contributed by atoms with E-state index in [2.05, 4.69) is 35.9 Å². The van der Waals surface area contributed by atoms with Gasteiger partial charge in [0.25, 0.3) is 0 Å². The van der Waals surface area contributed by atoms with E-state index in [1.165, 1.54) is 41.3 Å². The number of hydrogen-bond acceptors (Lipinski definition) is 3. The lowest BCUT2D eigenvalue weighted by Gasteiger charge is -2.39. The third-order valence-corrected chi connectivity index (χ3v) is 5.51. The lowest BCUT2D eigenvalue weighted by molar-refractivity contribution is 0.0568. The molecule has 1 aromatic carbocycles. The van der Waals surface area contributed by atoms with Crippen molar-refractivity contribution in [1.29, 1.82) is 0 Å². The highest BCUT2D eigenvalue weighted by Gasteiger charge is 2.28. The molecule has 3 rings (SSSR count). The zero-order valence-electron chi connectivity index (χ0n) is 15.4. The van der Waals surface area contributed by atoms with Gasteiger partial charge in [-0.2, -0.15) is 0 Å². The molecule has 24 heavy (non-hydrogen) atoms. The summed E-state index contributed by atoms with van der Waals surface area (Å²) in [6, 6.07) is 4.96. The van der Waals surface area contributed by atoms with Crippen molar-refractivity contribution in [1.82, 2.24) is 9.88 Å². The molecular weight excluding hydrogens is 300 g/mol. The first-order valence-electron chi connectivity index (χ1n) is 9.04. The van der Waals surface area contributed by atoms with E-state index in [0.29, 0.717) is 12.0 Å². The van der Waals surface area contributed by atoms with Crippen molar-refractivity contribution in [3.05, 3.63) is 29.5 Å². The van der Waals surface area contributed by atoms with Gasteiger partial charge in [-0.25, -0.2) is 0 Å². The Balaban J connectivity index is 1.86. The first-order valence-corrected chi connectivity index (χ1v) is 9.04. The smallest absolute Gasteiger partial charge is 0.124 e. The highest BCUT2D eigenvalue weighted by atomic mass is 16.5. The number of ether oxygens (including phenoxy) is 2. The molecule has 2 atom stereocenters. The van der Waals surface area contributed by atoms with E-state index >= 15 is 0 Å². The number of aromatic nitrogens is 1. The summed E-state index contributed by atoms with van der Waals surface area (Å²) in [6.45, 7) is 7.41. The van der Waals surface area contributed by atoms with Gasteiger partial charge < -0.3 is 14.5 Å². The van der Waals surface area contributed by atoms with E-state index in [1.807, 2.05) is 13.3 Å². The standard InChI is InChI=1S/C20H30N2O2/c1-5-16-11-15(13-23-3)7-9-22(16)12-18-17-6-8-21-20(17)14(2)10-19(18)24-4/h6,8,10,15-16,21H,5,7,9,11-13H2,1-4H3/t15?,16-/m1/s1. The van der Waals surface area contributed by atoms with Crippen molar-refractivity contribution in [2.45, 2.75) is 45.7 Å². The number of rotatable bonds is 6.